The molecule has 122 valence electrons. The van der Waals surface area contributed by atoms with Gasteiger partial charge in [-0.2, -0.15) is 0 Å². The van der Waals surface area contributed by atoms with Gasteiger partial charge >= 0.3 is 0 Å². The van der Waals surface area contributed by atoms with Crippen LogP contribution in [0.5, 0.6) is 0 Å². The summed E-state index contributed by atoms with van der Waals surface area (Å²) in [6.45, 7) is 0.486. The summed E-state index contributed by atoms with van der Waals surface area (Å²) in [5.41, 5.74) is 7.30. The van der Waals surface area contributed by atoms with Gasteiger partial charge in [0.05, 0.1) is 19.1 Å². The summed E-state index contributed by atoms with van der Waals surface area (Å²) >= 11 is 1.44. The zero-order chi connectivity index (χ0) is 16.3. The van der Waals surface area contributed by atoms with Crippen LogP contribution in [0.4, 0.5) is 14.5 Å². The van der Waals surface area contributed by atoms with Crippen molar-refractivity contribution in [1.82, 2.24) is 0 Å². The average molecular weight is 335 g/mol. The lowest BCUT2D eigenvalue weighted by Gasteiger charge is -2.03. The number of halogens is 2. The molecule has 0 unspecified atom stereocenters. The van der Waals surface area contributed by atoms with Gasteiger partial charge in [0.1, 0.15) is 0 Å². The number of ether oxygens (including phenoxy) is 1. The molecule has 0 bridgehead atoms. The highest BCUT2D eigenvalue weighted by molar-refractivity contribution is 7.99. The lowest BCUT2D eigenvalue weighted by molar-refractivity contribution is 0.0467. The molecule has 3 rings (SSSR count). The maximum Gasteiger partial charge on any atom is 0.257 e. The van der Waals surface area contributed by atoms with E-state index < -0.39 is 17.8 Å². The van der Waals surface area contributed by atoms with Crippen LogP contribution >= 0.6 is 11.8 Å². The molecule has 1 saturated carbocycles. The van der Waals surface area contributed by atoms with E-state index in [0.29, 0.717) is 18.0 Å². The fraction of sp³-hybridized carbons (Fsp3) is 0.333. The highest BCUT2D eigenvalue weighted by Crippen LogP contribution is 2.57. The van der Waals surface area contributed by atoms with Crippen LogP contribution in [0.15, 0.2) is 59.5 Å². The minimum atomic E-state index is -2.61. The standard InChI is InChI=1S/C18H19F2NOS/c19-18(20)16(11-22-10-13-4-2-1-3-5-13)17(18)12-23-15-8-6-14(21)7-9-15/h1-9,16-17H,10-12,21H2/t16-,17-/m1/s1. The van der Waals surface area contributed by atoms with E-state index in [1.165, 1.54) is 11.8 Å². The Morgan fingerprint density at radius 3 is 2.39 bits per heavy atom. The minimum Gasteiger partial charge on any atom is -0.399 e. The number of nitrogen functional groups attached to an aromatic ring is 1. The van der Waals surface area contributed by atoms with Crippen molar-refractivity contribution in [3.05, 3.63) is 60.2 Å². The van der Waals surface area contributed by atoms with Gasteiger partial charge in [0.25, 0.3) is 5.92 Å². The van der Waals surface area contributed by atoms with Crippen molar-refractivity contribution >= 4 is 17.4 Å². The Balaban J connectivity index is 1.44. The van der Waals surface area contributed by atoms with Crippen LogP contribution in [0.2, 0.25) is 0 Å². The van der Waals surface area contributed by atoms with Gasteiger partial charge in [-0.1, -0.05) is 30.3 Å². The molecular weight excluding hydrogens is 316 g/mol. The molecule has 2 nitrogen and oxygen atoms in total. The molecular formula is C18H19F2NOS. The fourth-order valence-corrected chi connectivity index (χ4v) is 3.70. The molecule has 2 N–H and O–H groups in total. The van der Waals surface area contributed by atoms with Gasteiger partial charge in [-0.25, -0.2) is 8.78 Å². The van der Waals surface area contributed by atoms with E-state index in [-0.39, 0.29) is 6.61 Å². The lowest BCUT2D eigenvalue weighted by Crippen LogP contribution is -2.03. The minimum absolute atomic E-state index is 0.106. The predicted molar refractivity (Wildman–Crippen MR) is 89.6 cm³/mol. The van der Waals surface area contributed by atoms with Gasteiger partial charge in [0.15, 0.2) is 0 Å². The number of nitrogens with two attached hydrogens (primary N) is 1. The SMILES string of the molecule is Nc1ccc(SC[C@@H]2[C@@H](COCc3ccccc3)C2(F)F)cc1. The van der Waals surface area contributed by atoms with Gasteiger partial charge in [0, 0.05) is 22.3 Å². The summed E-state index contributed by atoms with van der Waals surface area (Å²) in [5.74, 6) is -3.50. The summed E-state index contributed by atoms with van der Waals surface area (Å²) in [4.78, 5) is 0.964. The lowest BCUT2D eigenvalue weighted by atomic mass is 10.2. The second-order valence-corrected chi connectivity index (χ2v) is 6.86. The van der Waals surface area contributed by atoms with Gasteiger partial charge in [-0.05, 0) is 29.8 Å². The monoisotopic (exact) mass is 335 g/mol. The summed E-state index contributed by atoms with van der Waals surface area (Å²) in [7, 11) is 0. The molecule has 1 fully saturated rings. The van der Waals surface area contributed by atoms with Crippen LogP contribution in [-0.2, 0) is 11.3 Å². The Morgan fingerprint density at radius 2 is 1.70 bits per heavy atom. The van der Waals surface area contributed by atoms with Gasteiger partial charge in [-0.15, -0.1) is 11.8 Å². The summed E-state index contributed by atoms with van der Waals surface area (Å²) < 4.78 is 33.2. The molecule has 0 radical (unpaired) electrons. The quantitative estimate of drug-likeness (QED) is 0.599. The fourth-order valence-electron chi connectivity index (χ4n) is 2.54. The number of thioether (sulfide) groups is 1. The van der Waals surface area contributed by atoms with E-state index >= 15 is 0 Å². The number of rotatable bonds is 7. The van der Waals surface area contributed by atoms with E-state index in [4.69, 9.17) is 10.5 Å². The number of hydrogen-bond acceptors (Lipinski definition) is 3. The average Bonchev–Trinajstić information content (AvgIpc) is 3.08. The molecule has 1 aliphatic carbocycles. The normalized spacial score (nSPS) is 22.0. The summed E-state index contributed by atoms with van der Waals surface area (Å²) in [5, 5.41) is 0. The van der Waals surface area contributed by atoms with Crippen LogP contribution in [-0.4, -0.2) is 18.3 Å². The van der Waals surface area contributed by atoms with E-state index in [0.717, 1.165) is 10.5 Å². The Labute approximate surface area is 139 Å². The van der Waals surface area contributed by atoms with E-state index in [9.17, 15) is 8.78 Å². The van der Waals surface area contributed by atoms with Gasteiger partial charge < -0.3 is 10.5 Å². The molecule has 0 amide bonds. The first-order chi connectivity index (χ1) is 11.1. The number of hydrogen-bond donors (Lipinski definition) is 1. The van der Waals surface area contributed by atoms with E-state index in [1.54, 1.807) is 12.1 Å². The van der Waals surface area contributed by atoms with Gasteiger partial charge in [0.2, 0.25) is 0 Å². The molecule has 0 aliphatic heterocycles. The summed E-state index contributed by atoms with van der Waals surface area (Å²) in [6.07, 6.45) is 0. The topological polar surface area (TPSA) is 35.2 Å². The maximum atomic E-state index is 13.8. The molecule has 0 aromatic heterocycles. The Kier molecular flexibility index (Phi) is 4.87. The molecule has 2 aromatic rings. The third kappa shape index (κ3) is 4.03. The van der Waals surface area contributed by atoms with E-state index in [1.807, 2.05) is 42.5 Å². The molecule has 0 saturated heterocycles. The van der Waals surface area contributed by atoms with Crippen molar-refractivity contribution in [2.45, 2.75) is 17.4 Å². The second kappa shape index (κ2) is 6.89. The van der Waals surface area contributed by atoms with Gasteiger partial charge in [-0.3, -0.25) is 0 Å². The summed E-state index contributed by atoms with van der Waals surface area (Å²) in [6, 6.07) is 16.9. The van der Waals surface area contributed by atoms with Crippen molar-refractivity contribution in [2.24, 2.45) is 11.8 Å². The second-order valence-electron chi connectivity index (χ2n) is 5.77. The first-order valence-corrected chi connectivity index (χ1v) is 8.54. The molecule has 5 heteroatoms. The number of anilines is 1. The third-order valence-corrected chi connectivity index (χ3v) is 5.22. The molecule has 1 aliphatic rings. The molecule has 2 atom stereocenters. The first kappa shape index (κ1) is 16.3. The molecule has 0 heterocycles. The van der Waals surface area contributed by atoms with Crippen molar-refractivity contribution in [1.29, 1.82) is 0 Å². The smallest absolute Gasteiger partial charge is 0.257 e. The largest absolute Gasteiger partial charge is 0.399 e. The van der Waals surface area contributed by atoms with E-state index in [2.05, 4.69) is 0 Å². The van der Waals surface area contributed by atoms with Crippen molar-refractivity contribution < 1.29 is 13.5 Å². The van der Waals surface area contributed by atoms with Crippen molar-refractivity contribution in [3.63, 3.8) is 0 Å². The third-order valence-electron chi connectivity index (χ3n) is 4.08. The molecule has 0 spiro atoms. The van der Waals surface area contributed by atoms with Crippen molar-refractivity contribution in [2.75, 3.05) is 18.1 Å². The Hall–Kier alpha value is -1.59. The van der Waals surface area contributed by atoms with Crippen LogP contribution in [0.25, 0.3) is 0 Å². The maximum absolute atomic E-state index is 13.8. The Bertz CT molecular complexity index is 633. The van der Waals surface area contributed by atoms with Crippen LogP contribution in [0.1, 0.15) is 5.56 Å². The zero-order valence-electron chi connectivity index (χ0n) is 12.6. The zero-order valence-corrected chi connectivity index (χ0v) is 13.4. The highest BCUT2D eigenvalue weighted by Gasteiger charge is 2.67. The molecule has 23 heavy (non-hydrogen) atoms. The van der Waals surface area contributed by atoms with Crippen molar-refractivity contribution in [3.8, 4) is 0 Å². The number of alkyl halides is 2. The van der Waals surface area contributed by atoms with Crippen LogP contribution in [0.3, 0.4) is 0 Å². The number of benzene rings is 2. The van der Waals surface area contributed by atoms with Crippen LogP contribution in [0, 0.1) is 11.8 Å². The molecule has 2 aromatic carbocycles. The Morgan fingerprint density at radius 1 is 1.00 bits per heavy atom. The highest BCUT2D eigenvalue weighted by atomic mass is 32.2. The van der Waals surface area contributed by atoms with Crippen LogP contribution < -0.4 is 5.73 Å². The predicted octanol–water partition coefficient (Wildman–Crippen LogP) is 4.46. The first-order valence-electron chi connectivity index (χ1n) is 7.55.